The molecule has 3 rings (SSSR count). The summed E-state index contributed by atoms with van der Waals surface area (Å²) in [6.45, 7) is 0. The van der Waals surface area contributed by atoms with Crippen molar-refractivity contribution in [2.45, 2.75) is 0 Å². The third-order valence-electron chi connectivity index (χ3n) is 2.68. The summed E-state index contributed by atoms with van der Waals surface area (Å²) >= 11 is 0. The molecule has 0 aliphatic carbocycles. The molecule has 0 aliphatic rings. The van der Waals surface area contributed by atoms with E-state index in [-0.39, 0.29) is 5.43 Å². The summed E-state index contributed by atoms with van der Waals surface area (Å²) in [4.78, 5) is 12.2. The number of benzene rings is 2. The number of para-hydroxylation sites is 1. The second kappa shape index (κ2) is 3.91. The van der Waals surface area contributed by atoms with Gasteiger partial charge in [-0.3, -0.25) is 0 Å². The fourth-order valence-corrected chi connectivity index (χ4v) is 1.83. The average molecular weight is 221 g/mol. The van der Waals surface area contributed by atoms with Crippen LogP contribution in [0.4, 0.5) is 0 Å². The monoisotopic (exact) mass is 221 g/mol. The molecule has 0 saturated heterocycles. The van der Waals surface area contributed by atoms with Gasteiger partial charge in [-0.2, -0.15) is 0 Å². The van der Waals surface area contributed by atoms with E-state index in [1.807, 2.05) is 42.5 Å². The average Bonchev–Trinajstić information content (AvgIpc) is 2.40. The van der Waals surface area contributed by atoms with E-state index in [2.05, 4.69) is 6.26 Å². The fraction of sp³-hybridized carbons (Fsp3) is 0. The number of hydrogen-bond donors (Lipinski definition) is 0. The molecule has 0 amide bonds. The Balaban J connectivity index is 2.33. The maximum absolute atomic E-state index is 12.2. The quantitative estimate of drug-likeness (QED) is 0.590. The maximum atomic E-state index is 12.2. The number of hydrogen-bond acceptors (Lipinski definition) is 2. The molecule has 2 nitrogen and oxygen atoms in total. The van der Waals surface area contributed by atoms with Crippen molar-refractivity contribution in [3.05, 3.63) is 71.1 Å². The van der Waals surface area contributed by atoms with Gasteiger partial charge in [-0.25, -0.2) is 0 Å². The summed E-state index contributed by atoms with van der Waals surface area (Å²) in [5, 5.41) is 0.588. The van der Waals surface area contributed by atoms with E-state index in [1.165, 1.54) is 0 Å². The predicted molar refractivity (Wildman–Crippen MR) is 66.8 cm³/mol. The molecule has 0 atom stereocenters. The summed E-state index contributed by atoms with van der Waals surface area (Å²) in [6.07, 6.45) is 2.71. The Kier molecular flexibility index (Phi) is 2.26. The topological polar surface area (TPSA) is 30.2 Å². The number of fused-ring (bicyclic) bond motifs is 1. The van der Waals surface area contributed by atoms with Crippen LogP contribution in [0.15, 0.2) is 63.8 Å². The van der Waals surface area contributed by atoms with Crippen LogP contribution in [0.2, 0.25) is 0 Å². The van der Waals surface area contributed by atoms with E-state index in [4.69, 9.17) is 4.42 Å². The highest BCUT2D eigenvalue weighted by molar-refractivity contribution is 5.81. The van der Waals surface area contributed by atoms with Gasteiger partial charge in [-0.05, 0) is 5.39 Å². The van der Waals surface area contributed by atoms with Crippen molar-refractivity contribution in [2.24, 2.45) is 0 Å². The summed E-state index contributed by atoms with van der Waals surface area (Å²) < 4.78 is 5.35. The molecule has 0 N–H and O–H groups in total. The first-order valence-electron chi connectivity index (χ1n) is 5.35. The van der Waals surface area contributed by atoms with Gasteiger partial charge >= 0.3 is 0 Å². The van der Waals surface area contributed by atoms with Crippen molar-refractivity contribution in [2.75, 3.05) is 0 Å². The van der Waals surface area contributed by atoms with Gasteiger partial charge in [0.2, 0.25) is 0 Å². The zero-order valence-corrected chi connectivity index (χ0v) is 9.01. The van der Waals surface area contributed by atoms with Crippen LogP contribution < -0.4 is 5.43 Å². The summed E-state index contributed by atoms with van der Waals surface area (Å²) in [6, 6.07) is 16.6. The van der Waals surface area contributed by atoms with Crippen molar-refractivity contribution in [3.8, 4) is 11.1 Å². The summed E-state index contributed by atoms with van der Waals surface area (Å²) in [5.41, 5.74) is 1.83. The highest BCUT2D eigenvalue weighted by atomic mass is 16.3. The highest BCUT2D eigenvalue weighted by Crippen LogP contribution is 2.18. The molecule has 0 bridgehead atoms. The molecule has 0 aliphatic heterocycles. The molecule has 0 fully saturated rings. The minimum absolute atomic E-state index is 0.0435. The van der Waals surface area contributed by atoms with E-state index in [0.29, 0.717) is 16.5 Å². The van der Waals surface area contributed by atoms with Gasteiger partial charge in [0.25, 0.3) is 0 Å². The Morgan fingerprint density at radius 1 is 0.882 bits per heavy atom. The van der Waals surface area contributed by atoms with E-state index < -0.39 is 0 Å². The van der Waals surface area contributed by atoms with E-state index in [1.54, 1.807) is 12.1 Å². The van der Waals surface area contributed by atoms with Gasteiger partial charge in [-0.15, -0.1) is 0 Å². The lowest BCUT2D eigenvalue weighted by Crippen LogP contribution is -2.04. The van der Waals surface area contributed by atoms with Crippen LogP contribution >= 0.6 is 0 Å². The molecule has 0 spiro atoms. The van der Waals surface area contributed by atoms with Crippen LogP contribution in [0.1, 0.15) is 0 Å². The van der Waals surface area contributed by atoms with Gasteiger partial charge in [0.15, 0.2) is 0 Å². The van der Waals surface area contributed by atoms with Crippen LogP contribution in [0, 0.1) is 6.26 Å². The Hall–Kier alpha value is -2.35. The lowest BCUT2D eigenvalue weighted by molar-refractivity contribution is 0.594. The fourth-order valence-electron chi connectivity index (χ4n) is 1.83. The van der Waals surface area contributed by atoms with Crippen LogP contribution in [0.3, 0.4) is 0 Å². The van der Waals surface area contributed by atoms with Gasteiger partial charge in [0, 0.05) is 11.8 Å². The normalized spacial score (nSPS) is 10.6. The van der Waals surface area contributed by atoms with E-state index >= 15 is 0 Å². The molecule has 1 aromatic heterocycles. The third kappa shape index (κ3) is 1.64. The van der Waals surface area contributed by atoms with Gasteiger partial charge < -0.3 is 9.21 Å². The smallest absolute Gasteiger partial charge is 0.106 e. The van der Waals surface area contributed by atoms with E-state index in [0.717, 1.165) is 5.56 Å². The van der Waals surface area contributed by atoms with Crippen LogP contribution in [0.25, 0.3) is 22.1 Å². The second-order valence-electron chi connectivity index (χ2n) is 3.77. The van der Waals surface area contributed by atoms with Crippen molar-refractivity contribution < 1.29 is 4.42 Å². The molecule has 3 aromatic rings. The summed E-state index contributed by atoms with van der Waals surface area (Å²) in [7, 11) is 0. The standard InChI is InChI=1S/C15H9O2/c16-15-12-8-4-5-9-14(12)17-10-13(15)11-6-2-1-3-7-11/h1-9H/q-1. The maximum Gasteiger partial charge on any atom is 0.106 e. The van der Waals surface area contributed by atoms with Crippen molar-refractivity contribution in [1.82, 2.24) is 0 Å². The van der Waals surface area contributed by atoms with Crippen LogP contribution in [-0.2, 0) is 0 Å². The minimum Gasteiger partial charge on any atom is -0.549 e. The Morgan fingerprint density at radius 3 is 2.41 bits per heavy atom. The van der Waals surface area contributed by atoms with Crippen molar-refractivity contribution in [1.29, 1.82) is 0 Å². The Morgan fingerprint density at radius 2 is 1.59 bits per heavy atom. The van der Waals surface area contributed by atoms with Gasteiger partial charge in [-0.1, -0.05) is 65.7 Å². The molecule has 17 heavy (non-hydrogen) atoms. The molecule has 1 heterocycles. The van der Waals surface area contributed by atoms with Gasteiger partial charge in [0.05, 0.1) is 0 Å². The third-order valence-corrected chi connectivity index (χ3v) is 2.68. The predicted octanol–water partition coefficient (Wildman–Crippen LogP) is 3.26. The largest absolute Gasteiger partial charge is 0.549 e. The minimum atomic E-state index is -0.0435. The van der Waals surface area contributed by atoms with Crippen molar-refractivity contribution in [3.63, 3.8) is 0 Å². The molecule has 0 radical (unpaired) electrons. The van der Waals surface area contributed by atoms with Crippen LogP contribution in [-0.4, -0.2) is 0 Å². The molecule has 0 saturated carbocycles. The van der Waals surface area contributed by atoms with Gasteiger partial charge in [0.1, 0.15) is 5.43 Å². The Labute approximate surface area is 98.1 Å². The molecular formula is C15H9O2-. The number of rotatable bonds is 1. The lowest BCUT2D eigenvalue weighted by Gasteiger charge is -2.09. The first-order valence-corrected chi connectivity index (χ1v) is 5.35. The first-order chi connectivity index (χ1) is 8.36. The van der Waals surface area contributed by atoms with Crippen LogP contribution in [0.5, 0.6) is 0 Å². The first kappa shape index (κ1) is 9.85. The SMILES string of the molecule is O=c1c(-c2ccccc2)[c-]oc2ccccc12. The molecule has 2 heteroatoms. The van der Waals surface area contributed by atoms with E-state index in [9.17, 15) is 4.79 Å². The molecular weight excluding hydrogens is 212 g/mol. The molecule has 82 valence electrons. The van der Waals surface area contributed by atoms with Crippen molar-refractivity contribution >= 4 is 11.0 Å². The molecule has 2 aromatic carbocycles. The highest BCUT2D eigenvalue weighted by Gasteiger charge is 1.99. The molecule has 0 unspecified atom stereocenters. The summed E-state index contributed by atoms with van der Waals surface area (Å²) in [5.74, 6) is 0. The second-order valence-corrected chi connectivity index (χ2v) is 3.77. The Bertz CT molecular complexity index is 712. The zero-order valence-electron chi connectivity index (χ0n) is 9.01. The lowest BCUT2D eigenvalue weighted by atomic mass is 10.1. The zero-order chi connectivity index (χ0) is 11.7.